The van der Waals surface area contributed by atoms with Gasteiger partial charge in [0, 0.05) is 25.4 Å². The number of amides is 2. The Morgan fingerprint density at radius 3 is 2.57 bits per heavy atom. The fourth-order valence-corrected chi connectivity index (χ4v) is 2.95. The van der Waals surface area contributed by atoms with Crippen LogP contribution in [0.15, 0.2) is 30.3 Å². The minimum absolute atomic E-state index is 0.00104. The van der Waals surface area contributed by atoms with Crippen molar-refractivity contribution in [3.63, 3.8) is 0 Å². The maximum atomic E-state index is 12.8. The maximum absolute atomic E-state index is 12.8. The van der Waals surface area contributed by atoms with Crippen molar-refractivity contribution < 1.29 is 9.59 Å². The highest BCUT2D eigenvalue weighted by Gasteiger charge is 2.36. The van der Waals surface area contributed by atoms with E-state index >= 15 is 0 Å². The first kappa shape index (κ1) is 14.1. The van der Waals surface area contributed by atoms with E-state index in [4.69, 9.17) is 0 Å². The van der Waals surface area contributed by atoms with Crippen LogP contribution in [0.25, 0.3) is 0 Å². The quantitative estimate of drug-likeness (QED) is 0.916. The average Bonchev–Trinajstić information content (AvgIpc) is 3.28. The lowest BCUT2D eigenvalue weighted by Crippen LogP contribution is -2.48. The normalized spacial score (nSPS) is 26.4. The molecule has 0 spiro atoms. The highest BCUT2D eigenvalue weighted by atomic mass is 16.2. The number of nitrogens with zero attached hydrogens (tertiary/aromatic N) is 1. The first-order chi connectivity index (χ1) is 10.1. The van der Waals surface area contributed by atoms with Gasteiger partial charge in [-0.05, 0) is 31.2 Å². The molecule has 1 aliphatic heterocycles. The summed E-state index contributed by atoms with van der Waals surface area (Å²) in [7, 11) is 0. The molecule has 1 saturated heterocycles. The summed E-state index contributed by atoms with van der Waals surface area (Å²) >= 11 is 0. The zero-order chi connectivity index (χ0) is 14.8. The number of benzene rings is 1. The molecule has 1 N–H and O–H groups in total. The van der Waals surface area contributed by atoms with E-state index in [2.05, 4.69) is 5.32 Å². The predicted molar refractivity (Wildman–Crippen MR) is 80.6 cm³/mol. The lowest BCUT2D eigenvalue weighted by molar-refractivity contribution is -0.135. The molecular weight excluding hydrogens is 264 g/mol. The van der Waals surface area contributed by atoms with E-state index < -0.39 is 6.04 Å². The van der Waals surface area contributed by atoms with Crippen molar-refractivity contribution in [2.75, 3.05) is 6.54 Å². The van der Waals surface area contributed by atoms with Crippen molar-refractivity contribution in [3.8, 4) is 0 Å². The van der Waals surface area contributed by atoms with Crippen LogP contribution in [0.1, 0.15) is 31.7 Å². The van der Waals surface area contributed by atoms with Crippen LogP contribution in [0, 0.1) is 5.92 Å². The van der Waals surface area contributed by atoms with E-state index in [0.717, 1.165) is 12.1 Å². The summed E-state index contributed by atoms with van der Waals surface area (Å²) in [5, 5.41) is 2.90. The monoisotopic (exact) mass is 286 g/mol. The Bertz CT molecular complexity index is 525. The van der Waals surface area contributed by atoms with Crippen LogP contribution in [0.4, 0.5) is 0 Å². The summed E-state index contributed by atoms with van der Waals surface area (Å²) in [6.45, 7) is 2.78. The number of carbonyl (C=O) groups excluding carboxylic acids is 2. The third kappa shape index (κ3) is 3.43. The Kier molecular flexibility index (Phi) is 3.95. The zero-order valence-corrected chi connectivity index (χ0v) is 12.4. The van der Waals surface area contributed by atoms with Gasteiger partial charge in [0.2, 0.25) is 11.8 Å². The van der Waals surface area contributed by atoms with Gasteiger partial charge in [-0.25, -0.2) is 0 Å². The van der Waals surface area contributed by atoms with Gasteiger partial charge in [-0.1, -0.05) is 30.3 Å². The van der Waals surface area contributed by atoms with Crippen LogP contribution in [0.5, 0.6) is 0 Å². The molecule has 3 rings (SSSR count). The van der Waals surface area contributed by atoms with Gasteiger partial charge in [-0.15, -0.1) is 0 Å². The largest absolute Gasteiger partial charge is 0.344 e. The third-order valence-electron chi connectivity index (χ3n) is 4.36. The van der Waals surface area contributed by atoms with E-state index in [1.165, 1.54) is 12.8 Å². The molecule has 2 atom stereocenters. The van der Waals surface area contributed by atoms with Crippen molar-refractivity contribution in [3.05, 3.63) is 35.9 Å². The van der Waals surface area contributed by atoms with Crippen molar-refractivity contribution in [1.82, 2.24) is 10.2 Å². The van der Waals surface area contributed by atoms with Crippen molar-refractivity contribution in [1.29, 1.82) is 0 Å². The summed E-state index contributed by atoms with van der Waals surface area (Å²) in [6, 6.07) is 9.45. The molecule has 4 nitrogen and oxygen atoms in total. The second-order valence-electron chi connectivity index (χ2n) is 6.30. The molecule has 2 fully saturated rings. The maximum Gasteiger partial charge on any atom is 0.245 e. The average molecular weight is 286 g/mol. The summed E-state index contributed by atoms with van der Waals surface area (Å²) in [5.74, 6) is 0.696. The summed E-state index contributed by atoms with van der Waals surface area (Å²) in [5.41, 5.74) is 1.08. The molecule has 0 radical (unpaired) electrons. The van der Waals surface area contributed by atoms with Crippen molar-refractivity contribution in [2.24, 2.45) is 5.92 Å². The minimum atomic E-state index is -0.427. The van der Waals surface area contributed by atoms with Crippen LogP contribution in [-0.4, -0.2) is 35.3 Å². The molecule has 2 amide bonds. The van der Waals surface area contributed by atoms with Gasteiger partial charge < -0.3 is 10.2 Å². The summed E-state index contributed by atoms with van der Waals surface area (Å²) in [6.07, 6.45) is 3.39. The summed E-state index contributed by atoms with van der Waals surface area (Å²) in [4.78, 5) is 26.7. The highest BCUT2D eigenvalue weighted by molar-refractivity contribution is 5.90. The second kappa shape index (κ2) is 5.88. The topological polar surface area (TPSA) is 49.4 Å². The third-order valence-corrected chi connectivity index (χ3v) is 4.36. The van der Waals surface area contributed by atoms with Crippen molar-refractivity contribution in [2.45, 2.75) is 44.7 Å². The fourth-order valence-electron chi connectivity index (χ4n) is 2.95. The molecule has 0 bridgehead atoms. The van der Waals surface area contributed by atoms with Gasteiger partial charge in [-0.3, -0.25) is 9.59 Å². The molecule has 1 aromatic rings. The van der Waals surface area contributed by atoms with Gasteiger partial charge in [-0.2, -0.15) is 0 Å². The SMILES string of the molecule is CC1CC(=O)NC(Cc2ccccc2)C(=O)N1CC1CC1. The fraction of sp³-hybridized carbons (Fsp3) is 0.529. The molecule has 4 heteroatoms. The predicted octanol–water partition coefficient (Wildman–Crippen LogP) is 1.74. The molecule has 2 unspecified atom stereocenters. The second-order valence-corrected chi connectivity index (χ2v) is 6.30. The summed E-state index contributed by atoms with van der Waals surface area (Å²) < 4.78 is 0. The lowest BCUT2D eigenvalue weighted by Gasteiger charge is -2.28. The van der Waals surface area contributed by atoms with E-state index in [9.17, 15) is 9.59 Å². The van der Waals surface area contributed by atoms with Gasteiger partial charge in [0.1, 0.15) is 6.04 Å². The zero-order valence-electron chi connectivity index (χ0n) is 12.4. The molecule has 1 heterocycles. The number of hydrogen-bond acceptors (Lipinski definition) is 2. The van der Waals surface area contributed by atoms with Gasteiger partial charge in [0.05, 0.1) is 0 Å². The molecule has 1 aliphatic carbocycles. The Morgan fingerprint density at radius 1 is 1.19 bits per heavy atom. The molecule has 2 aliphatic rings. The molecule has 112 valence electrons. The smallest absolute Gasteiger partial charge is 0.245 e. The number of hydrogen-bond donors (Lipinski definition) is 1. The van der Waals surface area contributed by atoms with E-state index in [-0.39, 0.29) is 17.9 Å². The van der Waals surface area contributed by atoms with Gasteiger partial charge in [0.25, 0.3) is 0 Å². The van der Waals surface area contributed by atoms with E-state index in [1.807, 2.05) is 42.2 Å². The lowest BCUT2D eigenvalue weighted by atomic mass is 10.0. The van der Waals surface area contributed by atoms with E-state index in [0.29, 0.717) is 18.8 Å². The molecule has 1 saturated carbocycles. The molecular formula is C17H22N2O2. The Hall–Kier alpha value is -1.84. The van der Waals surface area contributed by atoms with Crippen molar-refractivity contribution >= 4 is 11.8 Å². The molecule has 21 heavy (non-hydrogen) atoms. The molecule has 1 aromatic carbocycles. The Balaban J connectivity index is 1.77. The van der Waals surface area contributed by atoms with Crippen LogP contribution < -0.4 is 5.32 Å². The number of carbonyl (C=O) groups is 2. The Labute approximate surface area is 125 Å². The first-order valence-electron chi connectivity index (χ1n) is 7.77. The van der Waals surface area contributed by atoms with Gasteiger partial charge >= 0.3 is 0 Å². The standard InChI is InChI=1S/C17H22N2O2/c1-12-9-16(20)18-15(10-13-5-3-2-4-6-13)17(21)19(12)11-14-7-8-14/h2-6,12,14-15H,7-11H2,1H3,(H,18,20). The number of rotatable bonds is 4. The van der Waals surface area contributed by atoms with Crippen LogP contribution in [-0.2, 0) is 16.0 Å². The minimum Gasteiger partial charge on any atom is -0.344 e. The van der Waals surface area contributed by atoms with Crippen LogP contribution in [0.3, 0.4) is 0 Å². The first-order valence-corrected chi connectivity index (χ1v) is 7.77. The Morgan fingerprint density at radius 2 is 1.90 bits per heavy atom. The molecule has 0 aromatic heterocycles. The highest BCUT2D eigenvalue weighted by Crippen LogP contribution is 2.31. The van der Waals surface area contributed by atoms with Crippen LogP contribution in [0.2, 0.25) is 0 Å². The number of nitrogens with one attached hydrogen (secondary N) is 1. The van der Waals surface area contributed by atoms with E-state index in [1.54, 1.807) is 0 Å². The van der Waals surface area contributed by atoms with Gasteiger partial charge in [0.15, 0.2) is 0 Å². The van der Waals surface area contributed by atoms with Crippen LogP contribution >= 0.6 is 0 Å².